The van der Waals surface area contributed by atoms with Crippen LogP contribution < -0.4 is 10.5 Å². The van der Waals surface area contributed by atoms with E-state index in [0.717, 1.165) is 5.56 Å². The Morgan fingerprint density at radius 2 is 2.25 bits per heavy atom. The first-order valence-electron chi connectivity index (χ1n) is 4.77. The summed E-state index contributed by atoms with van der Waals surface area (Å²) in [7, 11) is 1.53. The number of carboxylic acid groups (broad SMARTS) is 1. The lowest BCUT2D eigenvalue weighted by Crippen LogP contribution is -2.32. The molecule has 1 aromatic carbocycles. The average molecular weight is 244 g/mol. The fourth-order valence-corrected chi connectivity index (χ4v) is 1.86. The Kier molecular flexibility index (Phi) is 4.15. The number of methoxy groups -OCH3 is 1. The molecule has 0 radical (unpaired) electrons. The third-order valence-corrected chi connectivity index (χ3v) is 2.50. The molecule has 1 unspecified atom stereocenters. The summed E-state index contributed by atoms with van der Waals surface area (Å²) in [6, 6.07) is 2.48. The normalized spacial score (nSPS) is 12.2. The molecule has 1 rings (SSSR count). The van der Waals surface area contributed by atoms with Crippen LogP contribution in [0.5, 0.6) is 5.75 Å². The molecule has 0 heterocycles. The van der Waals surface area contributed by atoms with Crippen molar-refractivity contribution >= 4 is 17.6 Å². The smallest absolute Gasteiger partial charge is 0.320 e. The highest BCUT2D eigenvalue weighted by atomic mass is 35.5. The van der Waals surface area contributed by atoms with Gasteiger partial charge >= 0.3 is 5.97 Å². The fraction of sp³-hybridized carbons (Fsp3) is 0.364. The molecule has 0 aliphatic carbocycles. The number of benzene rings is 1. The van der Waals surface area contributed by atoms with Gasteiger partial charge in [-0.1, -0.05) is 11.6 Å². The lowest BCUT2D eigenvalue weighted by atomic mass is 10.0. The number of halogens is 1. The Bertz CT molecular complexity index is 406. The number of carbonyl (C=O) groups is 1. The maximum atomic E-state index is 10.7. The van der Waals surface area contributed by atoms with E-state index in [4.69, 9.17) is 27.2 Å². The van der Waals surface area contributed by atoms with Crippen molar-refractivity contribution in [3.05, 3.63) is 28.3 Å². The molecule has 4 nitrogen and oxygen atoms in total. The van der Waals surface area contributed by atoms with Crippen LogP contribution in [0.25, 0.3) is 0 Å². The number of carboxylic acids is 1. The fourth-order valence-electron chi connectivity index (χ4n) is 1.57. The Balaban J connectivity index is 3.07. The molecule has 1 atom stereocenters. The van der Waals surface area contributed by atoms with E-state index in [2.05, 4.69) is 0 Å². The molecular formula is C11H14ClNO3. The largest absolute Gasteiger partial charge is 0.496 e. The van der Waals surface area contributed by atoms with Crippen LogP contribution in [0.3, 0.4) is 0 Å². The average Bonchev–Trinajstić information content (AvgIpc) is 2.16. The van der Waals surface area contributed by atoms with Crippen LogP contribution in [0.2, 0.25) is 5.02 Å². The molecule has 1 aromatic rings. The molecule has 16 heavy (non-hydrogen) atoms. The highest BCUT2D eigenvalue weighted by Crippen LogP contribution is 2.28. The van der Waals surface area contributed by atoms with E-state index in [1.54, 1.807) is 12.1 Å². The van der Waals surface area contributed by atoms with Gasteiger partial charge < -0.3 is 15.6 Å². The van der Waals surface area contributed by atoms with Crippen molar-refractivity contribution < 1.29 is 14.6 Å². The van der Waals surface area contributed by atoms with Crippen LogP contribution in [0.4, 0.5) is 0 Å². The van der Waals surface area contributed by atoms with Crippen LogP contribution in [-0.2, 0) is 11.2 Å². The molecule has 0 spiro atoms. The van der Waals surface area contributed by atoms with E-state index in [0.29, 0.717) is 16.3 Å². The minimum atomic E-state index is -1.04. The molecule has 0 saturated heterocycles. The predicted molar refractivity (Wildman–Crippen MR) is 62.1 cm³/mol. The van der Waals surface area contributed by atoms with Crippen LogP contribution >= 0.6 is 11.6 Å². The van der Waals surface area contributed by atoms with Crippen molar-refractivity contribution in [2.75, 3.05) is 7.11 Å². The lowest BCUT2D eigenvalue weighted by molar-refractivity contribution is -0.138. The number of hydrogen-bond donors (Lipinski definition) is 2. The van der Waals surface area contributed by atoms with Crippen molar-refractivity contribution in [2.45, 2.75) is 19.4 Å². The van der Waals surface area contributed by atoms with Crippen molar-refractivity contribution in [3.8, 4) is 5.75 Å². The number of aryl methyl sites for hydroxylation is 1. The van der Waals surface area contributed by atoms with E-state index in [1.165, 1.54) is 7.11 Å². The van der Waals surface area contributed by atoms with Crippen molar-refractivity contribution in [3.63, 3.8) is 0 Å². The number of nitrogens with two attached hydrogens (primary N) is 1. The number of hydrogen-bond acceptors (Lipinski definition) is 3. The van der Waals surface area contributed by atoms with E-state index in [1.807, 2.05) is 6.92 Å². The molecule has 5 heteroatoms. The SMILES string of the molecule is COc1c(C)cc(Cl)cc1CC(N)C(=O)O. The molecule has 0 amide bonds. The summed E-state index contributed by atoms with van der Waals surface area (Å²) >= 11 is 5.90. The highest BCUT2D eigenvalue weighted by Gasteiger charge is 2.16. The van der Waals surface area contributed by atoms with Gasteiger partial charge in [0.2, 0.25) is 0 Å². The van der Waals surface area contributed by atoms with Gasteiger partial charge in [0.15, 0.2) is 0 Å². The Morgan fingerprint density at radius 3 is 2.75 bits per heavy atom. The standard InChI is InChI=1S/C11H14ClNO3/c1-6-3-8(12)4-7(10(6)16-2)5-9(13)11(14)15/h3-4,9H,5,13H2,1-2H3,(H,14,15). The zero-order valence-electron chi connectivity index (χ0n) is 9.16. The lowest BCUT2D eigenvalue weighted by Gasteiger charge is -2.13. The monoisotopic (exact) mass is 243 g/mol. The van der Waals surface area contributed by atoms with Crippen LogP contribution in [-0.4, -0.2) is 24.2 Å². The van der Waals surface area contributed by atoms with E-state index >= 15 is 0 Å². The molecular weight excluding hydrogens is 230 g/mol. The molecule has 88 valence electrons. The summed E-state index contributed by atoms with van der Waals surface area (Å²) in [5.41, 5.74) is 7.05. The summed E-state index contributed by atoms with van der Waals surface area (Å²) < 4.78 is 5.20. The van der Waals surface area contributed by atoms with Crippen molar-refractivity contribution in [2.24, 2.45) is 5.73 Å². The minimum Gasteiger partial charge on any atom is -0.496 e. The first-order valence-corrected chi connectivity index (χ1v) is 5.15. The zero-order chi connectivity index (χ0) is 12.3. The van der Waals surface area contributed by atoms with Gasteiger partial charge in [0.05, 0.1) is 7.11 Å². The Morgan fingerprint density at radius 1 is 1.62 bits per heavy atom. The summed E-state index contributed by atoms with van der Waals surface area (Å²) in [4.78, 5) is 10.7. The minimum absolute atomic E-state index is 0.194. The van der Waals surface area contributed by atoms with E-state index < -0.39 is 12.0 Å². The predicted octanol–water partition coefficient (Wildman–Crippen LogP) is 1.61. The number of rotatable bonds is 4. The second-order valence-corrected chi connectivity index (χ2v) is 4.00. The topological polar surface area (TPSA) is 72.5 Å². The maximum absolute atomic E-state index is 10.7. The maximum Gasteiger partial charge on any atom is 0.320 e. The zero-order valence-corrected chi connectivity index (χ0v) is 9.91. The molecule has 0 aromatic heterocycles. The third-order valence-electron chi connectivity index (χ3n) is 2.28. The second-order valence-electron chi connectivity index (χ2n) is 3.56. The molecule has 3 N–H and O–H groups in total. The number of ether oxygens (including phenoxy) is 1. The third kappa shape index (κ3) is 2.87. The molecule has 0 saturated carbocycles. The van der Waals surface area contributed by atoms with Gasteiger partial charge in [-0.05, 0) is 30.2 Å². The van der Waals surface area contributed by atoms with Crippen molar-refractivity contribution in [1.82, 2.24) is 0 Å². The quantitative estimate of drug-likeness (QED) is 0.843. The second kappa shape index (κ2) is 5.18. The number of aliphatic carboxylic acids is 1. The van der Waals surface area contributed by atoms with Gasteiger partial charge in [0.1, 0.15) is 11.8 Å². The molecule has 0 fully saturated rings. The molecule has 0 aliphatic rings. The summed E-state index contributed by atoms with van der Waals surface area (Å²) in [5.74, 6) is -0.402. The van der Waals surface area contributed by atoms with Gasteiger partial charge in [-0.25, -0.2) is 0 Å². The van der Waals surface area contributed by atoms with Crippen LogP contribution in [0, 0.1) is 6.92 Å². The highest BCUT2D eigenvalue weighted by molar-refractivity contribution is 6.30. The first-order chi connectivity index (χ1) is 7.45. The van der Waals surface area contributed by atoms with E-state index in [-0.39, 0.29) is 6.42 Å². The van der Waals surface area contributed by atoms with Gasteiger partial charge in [0.25, 0.3) is 0 Å². The van der Waals surface area contributed by atoms with E-state index in [9.17, 15) is 4.79 Å². The van der Waals surface area contributed by atoms with Gasteiger partial charge in [-0.2, -0.15) is 0 Å². The van der Waals surface area contributed by atoms with Crippen molar-refractivity contribution in [1.29, 1.82) is 0 Å². The summed E-state index contributed by atoms with van der Waals surface area (Å²) in [6.45, 7) is 1.85. The first kappa shape index (κ1) is 12.8. The Hall–Kier alpha value is -1.26. The summed E-state index contributed by atoms with van der Waals surface area (Å²) in [5, 5.41) is 9.29. The van der Waals surface area contributed by atoms with Gasteiger partial charge in [-0.3, -0.25) is 4.79 Å². The van der Waals surface area contributed by atoms with Crippen LogP contribution in [0.1, 0.15) is 11.1 Å². The Labute approximate surface area is 99.0 Å². The summed E-state index contributed by atoms with van der Waals surface area (Å²) in [6.07, 6.45) is 0.194. The van der Waals surface area contributed by atoms with Gasteiger partial charge in [-0.15, -0.1) is 0 Å². The molecule has 0 aliphatic heterocycles. The molecule has 0 bridgehead atoms. The van der Waals surface area contributed by atoms with Crippen LogP contribution in [0.15, 0.2) is 12.1 Å². The van der Waals surface area contributed by atoms with Gasteiger partial charge in [0, 0.05) is 11.4 Å².